The first-order chi connectivity index (χ1) is 13.1. The van der Waals surface area contributed by atoms with E-state index in [0.29, 0.717) is 16.5 Å². The Morgan fingerprint density at radius 2 is 2.15 bits per heavy atom. The number of furan rings is 1. The van der Waals surface area contributed by atoms with Gasteiger partial charge < -0.3 is 9.73 Å². The van der Waals surface area contributed by atoms with E-state index in [2.05, 4.69) is 20.6 Å². The van der Waals surface area contributed by atoms with E-state index in [0.717, 1.165) is 0 Å². The minimum absolute atomic E-state index is 0.0660. The second-order valence-corrected chi connectivity index (χ2v) is 6.12. The molecule has 0 unspecified atom stereocenters. The van der Waals surface area contributed by atoms with E-state index in [1.54, 1.807) is 36.4 Å². The number of carbonyl (C=O) groups is 1. The van der Waals surface area contributed by atoms with Crippen molar-refractivity contribution >= 4 is 28.7 Å². The highest BCUT2D eigenvalue weighted by Gasteiger charge is 2.15. The predicted molar refractivity (Wildman–Crippen MR) is 96.5 cm³/mol. The van der Waals surface area contributed by atoms with Crippen LogP contribution in [-0.4, -0.2) is 30.5 Å². The summed E-state index contributed by atoms with van der Waals surface area (Å²) < 4.78 is 7.74. The lowest BCUT2D eigenvalue weighted by Crippen LogP contribution is -2.32. The van der Waals surface area contributed by atoms with Gasteiger partial charge in [-0.05, 0) is 30.3 Å². The summed E-state index contributed by atoms with van der Waals surface area (Å²) in [5, 5.41) is 11.1. The van der Waals surface area contributed by atoms with Gasteiger partial charge in [0.2, 0.25) is 5.91 Å². The Labute approximate surface area is 157 Å². The van der Waals surface area contributed by atoms with Crippen LogP contribution in [0.3, 0.4) is 0 Å². The summed E-state index contributed by atoms with van der Waals surface area (Å²) in [6.45, 7) is 0.0493. The molecule has 3 heterocycles. The Hall–Kier alpha value is -3.46. The van der Waals surface area contributed by atoms with Crippen LogP contribution in [0.5, 0.6) is 0 Å². The maximum absolute atomic E-state index is 12.6. The van der Waals surface area contributed by atoms with Gasteiger partial charge in [-0.1, -0.05) is 22.9 Å². The lowest BCUT2D eigenvalue weighted by atomic mass is 10.3. The number of halogens is 1. The van der Waals surface area contributed by atoms with Crippen molar-refractivity contribution in [3.63, 3.8) is 0 Å². The van der Waals surface area contributed by atoms with E-state index in [-0.39, 0.29) is 30.2 Å². The molecule has 10 heteroatoms. The summed E-state index contributed by atoms with van der Waals surface area (Å²) in [6, 6.07) is 10.4. The molecule has 4 rings (SSSR count). The zero-order valence-corrected chi connectivity index (χ0v) is 14.6. The van der Waals surface area contributed by atoms with Crippen LogP contribution in [0.2, 0.25) is 5.02 Å². The van der Waals surface area contributed by atoms with Crippen LogP contribution >= 0.6 is 11.6 Å². The molecule has 0 fully saturated rings. The molecule has 136 valence electrons. The van der Waals surface area contributed by atoms with Crippen LogP contribution in [0.25, 0.3) is 16.9 Å². The lowest BCUT2D eigenvalue weighted by Gasteiger charge is -2.06. The fourth-order valence-corrected chi connectivity index (χ4v) is 2.73. The maximum Gasteiger partial charge on any atom is 0.284 e. The van der Waals surface area contributed by atoms with Crippen LogP contribution < -0.4 is 10.9 Å². The molecule has 9 nitrogen and oxygen atoms in total. The van der Waals surface area contributed by atoms with Crippen LogP contribution in [0.4, 0.5) is 0 Å². The van der Waals surface area contributed by atoms with Crippen molar-refractivity contribution < 1.29 is 9.21 Å². The van der Waals surface area contributed by atoms with Crippen molar-refractivity contribution in [2.45, 2.75) is 13.1 Å². The number of nitrogens with one attached hydrogen (secondary N) is 1. The molecule has 1 amide bonds. The molecule has 0 aliphatic carbocycles. The molecule has 0 spiro atoms. The second kappa shape index (κ2) is 7.04. The molecule has 4 aromatic rings. The minimum atomic E-state index is -0.457. The van der Waals surface area contributed by atoms with Gasteiger partial charge in [-0.15, -0.1) is 5.10 Å². The van der Waals surface area contributed by atoms with Gasteiger partial charge in [-0.25, -0.2) is 4.98 Å². The van der Waals surface area contributed by atoms with E-state index in [1.807, 2.05) is 0 Å². The Kier molecular flexibility index (Phi) is 4.43. The Morgan fingerprint density at radius 1 is 1.26 bits per heavy atom. The molecule has 27 heavy (non-hydrogen) atoms. The Morgan fingerprint density at radius 3 is 2.93 bits per heavy atom. The third-order valence-electron chi connectivity index (χ3n) is 3.84. The molecule has 0 aliphatic rings. The molecule has 0 bridgehead atoms. The van der Waals surface area contributed by atoms with Gasteiger partial charge in [0.15, 0.2) is 11.2 Å². The van der Waals surface area contributed by atoms with Crippen molar-refractivity contribution in [2.24, 2.45) is 0 Å². The standard InChI is InChI=1S/C17H13ClN6O3/c18-11-3-1-4-12(7-11)24-16-15(21-22-24)17(26)23(10-20-16)9-14(25)19-8-13-5-2-6-27-13/h1-7,10H,8-9H2,(H,19,25). The quantitative estimate of drug-likeness (QED) is 0.559. The first-order valence-electron chi connectivity index (χ1n) is 7.98. The van der Waals surface area contributed by atoms with Crippen molar-refractivity contribution in [1.29, 1.82) is 0 Å². The van der Waals surface area contributed by atoms with Crippen LogP contribution in [0.1, 0.15) is 5.76 Å². The van der Waals surface area contributed by atoms with E-state index in [9.17, 15) is 9.59 Å². The number of hydrogen-bond acceptors (Lipinski definition) is 6. The molecule has 0 saturated carbocycles. The van der Waals surface area contributed by atoms with E-state index >= 15 is 0 Å². The summed E-state index contributed by atoms with van der Waals surface area (Å²) in [7, 11) is 0. The van der Waals surface area contributed by atoms with Gasteiger partial charge in [0.1, 0.15) is 18.6 Å². The molecule has 0 radical (unpaired) electrons. The molecule has 1 aromatic carbocycles. The zero-order chi connectivity index (χ0) is 18.8. The van der Waals surface area contributed by atoms with Gasteiger partial charge in [0.05, 0.1) is 18.5 Å². The largest absolute Gasteiger partial charge is 0.467 e. The monoisotopic (exact) mass is 384 g/mol. The van der Waals surface area contributed by atoms with Gasteiger partial charge in [-0.3, -0.25) is 14.2 Å². The average Bonchev–Trinajstić information content (AvgIpc) is 3.32. The smallest absolute Gasteiger partial charge is 0.284 e. The number of nitrogens with zero attached hydrogens (tertiary/aromatic N) is 5. The van der Waals surface area contributed by atoms with Crippen molar-refractivity contribution in [3.8, 4) is 5.69 Å². The zero-order valence-electron chi connectivity index (χ0n) is 13.9. The fourth-order valence-electron chi connectivity index (χ4n) is 2.55. The maximum atomic E-state index is 12.6. The number of rotatable bonds is 5. The summed E-state index contributed by atoms with van der Waals surface area (Å²) >= 11 is 5.99. The molecule has 0 atom stereocenters. The van der Waals surface area contributed by atoms with Crippen LogP contribution in [-0.2, 0) is 17.9 Å². The lowest BCUT2D eigenvalue weighted by molar-refractivity contribution is -0.122. The van der Waals surface area contributed by atoms with Gasteiger partial charge in [0.25, 0.3) is 5.56 Å². The van der Waals surface area contributed by atoms with Crippen LogP contribution in [0, 0.1) is 0 Å². The predicted octanol–water partition coefficient (Wildman–Crippen LogP) is 1.54. The summed E-state index contributed by atoms with van der Waals surface area (Å²) in [6.07, 6.45) is 2.81. The summed E-state index contributed by atoms with van der Waals surface area (Å²) in [5.74, 6) is 0.269. The number of benzene rings is 1. The average molecular weight is 385 g/mol. The highest BCUT2D eigenvalue weighted by molar-refractivity contribution is 6.30. The number of amides is 1. The third kappa shape index (κ3) is 3.44. The first-order valence-corrected chi connectivity index (χ1v) is 8.35. The number of carbonyl (C=O) groups excluding carboxylic acids is 1. The number of hydrogen-bond donors (Lipinski definition) is 1. The highest BCUT2D eigenvalue weighted by atomic mass is 35.5. The summed E-state index contributed by atoms with van der Waals surface area (Å²) in [4.78, 5) is 28.9. The van der Waals surface area contributed by atoms with Crippen molar-refractivity contribution in [3.05, 3.63) is 70.1 Å². The molecular formula is C17H13ClN6O3. The minimum Gasteiger partial charge on any atom is -0.467 e. The fraction of sp³-hybridized carbons (Fsp3) is 0.118. The molecule has 3 aromatic heterocycles. The third-order valence-corrected chi connectivity index (χ3v) is 4.07. The highest BCUT2D eigenvalue weighted by Crippen LogP contribution is 2.16. The normalized spacial score (nSPS) is 11.0. The second-order valence-electron chi connectivity index (χ2n) is 5.69. The van der Waals surface area contributed by atoms with E-state index in [4.69, 9.17) is 16.0 Å². The number of fused-ring (bicyclic) bond motifs is 1. The Bertz CT molecular complexity index is 1170. The molecule has 0 saturated heterocycles. The van der Waals surface area contributed by atoms with E-state index in [1.165, 1.54) is 21.8 Å². The van der Waals surface area contributed by atoms with Gasteiger partial charge in [-0.2, -0.15) is 4.68 Å². The number of aromatic nitrogens is 5. The van der Waals surface area contributed by atoms with E-state index < -0.39 is 5.56 Å². The molecule has 1 N–H and O–H groups in total. The molecule has 0 aliphatic heterocycles. The summed E-state index contributed by atoms with van der Waals surface area (Å²) in [5.41, 5.74) is 0.526. The van der Waals surface area contributed by atoms with Crippen LogP contribution in [0.15, 0.2) is 58.2 Å². The van der Waals surface area contributed by atoms with Crippen molar-refractivity contribution in [1.82, 2.24) is 29.9 Å². The topological polar surface area (TPSA) is 108 Å². The molecular weight excluding hydrogens is 372 g/mol. The Balaban J connectivity index is 1.58. The van der Waals surface area contributed by atoms with Crippen molar-refractivity contribution in [2.75, 3.05) is 0 Å². The SMILES string of the molecule is O=C(Cn1cnc2c(nnn2-c2cccc(Cl)c2)c1=O)NCc1ccco1. The first kappa shape index (κ1) is 17.0. The van der Waals surface area contributed by atoms with Gasteiger partial charge >= 0.3 is 0 Å². The van der Waals surface area contributed by atoms with Gasteiger partial charge in [0, 0.05) is 5.02 Å².